The molecule has 0 aromatic heterocycles. The van der Waals surface area contributed by atoms with Crippen molar-refractivity contribution in [2.24, 2.45) is 5.73 Å². The number of aliphatic hydroxyl groups excluding tert-OH is 1. The van der Waals surface area contributed by atoms with Gasteiger partial charge in [0.25, 0.3) is 8.32 Å². The summed E-state index contributed by atoms with van der Waals surface area (Å²) in [5.41, 5.74) is 4.00. The van der Waals surface area contributed by atoms with Gasteiger partial charge in [-0.3, -0.25) is 10.6 Å². The predicted octanol–water partition coefficient (Wildman–Crippen LogP) is 2.66. The fourth-order valence-corrected chi connectivity index (χ4v) is 3.80. The van der Waals surface area contributed by atoms with Crippen LogP contribution < -0.4 is 5.73 Å². The summed E-state index contributed by atoms with van der Waals surface area (Å²) >= 11 is 0. The molecule has 3 atom stereocenters. The van der Waals surface area contributed by atoms with Gasteiger partial charge in [0, 0.05) is 12.7 Å². The molecule has 1 aliphatic heterocycles. The van der Waals surface area contributed by atoms with Gasteiger partial charge in [-0.1, -0.05) is 33.8 Å². The van der Waals surface area contributed by atoms with Crippen molar-refractivity contribution in [2.45, 2.75) is 89.5 Å². The minimum atomic E-state index is -2.63. The summed E-state index contributed by atoms with van der Waals surface area (Å²) in [6, 6.07) is 0. The van der Waals surface area contributed by atoms with Crippen LogP contribution in [-0.2, 0) is 28.2 Å². The number of aliphatic hydroxyl groups is 1. The molecule has 0 spiro atoms. The van der Waals surface area contributed by atoms with Gasteiger partial charge in [0.1, 0.15) is 18.9 Å². The van der Waals surface area contributed by atoms with Crippen molar-refractivity contribution in [2.75, 3.05) is 20.3 Å². The molecule has 0 radical (unpaired) electrons. The standard InChI is InChI=1S/C22H40N2O8Si/c1-8-9-13-18(26)31-15-16(25)22(23,19(27)29-5)24(17-12-10-11-14-30-17)20(28)32-33(6,7)21(2,3)4/h9,13,16-17,25H,8,10-12,14-15,23H2,1-7H3/t16-,17?,22+/m1/s1. The topological polar surface area (TPSA) is 138 Å². The second kappa shape index (κ2) is 12.0. The molecule has 33 heavy (non-hydrogen) atoms. The van der Waals surface area contributed by atoms with Crippen LogP contribution in [0, 0.1) is 0 Å². The molecule has 3 N–H and O–H groups in total. The van der Waals surface area contributed by atoms with Crippen molar-refractivity contribution >= 4 is 26.3 Å². The van der Waals surface area contributed by atoms with Crippen molar-refractivity contribution in [1.29, 1.82) is 0 Å². The molecule has 1 fully saturated rings. The molecule has 1 aliphatic rings. The highest BCUT2D eigenvalue weighted by Gasteiger charge is 2.56. The summed E-state index contributed by atoms with van der Waals surface area (Å²) in [7, 11) is -1.55. The zero-order valence-electron chi connectivity index (χ0n) is 20.9. The van der Waals surface area contributed by atoms with Crippen LogP contribution in [0.5, 0.6) is 0 Å². The summed E-state index contributed by atoms with van der Waals surface area (Å²) < 4.78 is 21.6. The van der Waals surface area contributed by atoms with Gasteiger partial charge in [-0.25, -0.2) is 14.4 Å². The first-order valence-electron chi connectivity index (χ1n) is 11.2. The van der Waals surface area contributed by atoms with Gasteiger partial charge in [0.05, 0.1) is 7.11 Å². The number of esters is 2. The Morgan fingerprint density at radius 3 is 2.39 bits per heavy atom. The third-order valence-electron chi connectivity index (χ3n) is 6.08. The van der Waals surface area contributed by atoms with Crippen LogP contribution in [0.2, 0.25) is 18.1 Å². The number of methoxy groups -OCH3 is 1. The number of hydrogen-bond donors (Lipinski definition) is 2. The molecule has 1 unspecified atom stereocenters. The minimum Gasteiger partial charge on any atom is -0.503 e. The molecule has 0 bridgehead atoms. The first-order chi connectivity index (χ1) is 15.2. The van der Waals surface area contributed by atoms with Crippen LogP contribution in [0.15, 0.2) is 12.2 Å². The fraction of sp³-hybridized carbons (Fsp3) is 0.773. The number of carbonyl (C=O) groups is 3. The van der Waals surface area contributed by atoms with E-state index in [1.807, 2.05) is 40.8 Å². The van der Waals surface area contributed by atoms with Crippen molar-refractivity contribution in [1.82, 2.24) is 4.90 Å². The van der Waals surface area contributed by atoms with E-state index in [1.54, 1.807) is 6.08 Å². The number of hydrogen-bond acceptors (Lipinski definition) is 9. The highest BCUT2D eigenvalue weighted by Crippen LogP contribution is 2.38. The summed E-state index contributed by atoms with van der Waals surface area (Å²) in [6.45, 7) is 11.2. The Hall–Kier alpha value is -1.95. The van der Waals surface area contributed by atoms with Gasteiger partial charge in [-0.2, -0.15) is 0 Å². The molecule has 11 heteroatoms. The van der Waals surface area contributed by atoms with E-state index in [2.05, 4.69) is 0 Å². The average Bonchev–Trinajstić information content (AvgIpc) is 2.74. The SMILES string of the molecule is CCC=CC(=O)OC[C@@H](O)[C@@](N)(C(=O)OC)N(C(=O)O[Si](C)(C)C(C)(C)C)C1CCCCO1. The maximum absolute atomic E-state index is 13.5. The van der Waals surface area contributed by atoms with Crippen LogP contribution in [0.4, 0.5) is 4.79 Å². The average molecular weight is 489 g/mol. The lowest BCUT2D eigenvalue weighted by Gasteiger charge is -2.47. The maximum atomic E-state index is 13.5. The summed E-state index contributed by atoms with van der Waals surface area (Å²) in [5.74, 6) is -1.80. The van der Waals surface area contributed by atoms with Gasteiger partial charge < -0.3 is 23.7 Å². The number of allylic oxidation sites excluding steroid dienone is 1. The van der Waals surface area contributed by atoms with Crippen molar-refractivity contribution in [3.05, 3.63) is 12.2 Å². The molecule has 1 rings (SSSR count). The minimum absolute atomic E-state index is 0.315. The van der Waals surface area contributed by atoms with Gasteiger partial charge in [0.2, 0.25) is 5.66 Å². The van der Waals surface area contributed by atoms with Crippen molar-refractivity contribution in [3.8, 4) is 0 Å². The molecule has 190 valence electrons. The molecule has 1 amide bonds. The van der Waals surface area contributed by atoms with E-state index in [1.165, 1.54) is 6.08 Å². The van der Waals surface area contributed by atoms with E-state index in [9.17, 15) is 19.5 Å². The normalized spacial score (nSPS) is 20.0. The van der Waals surface area contributed by atoms with Gasteiger partial charge in [-0.15, -0.1) is 0 Å². The highest BCUT2D eigenvalue weighted by molar-refractivity contribution is 6.75. The van der Waals surface area contributed by atoms with Gasteiger partial charge >= 0.3 is 18.0 Å². The van der Waals surface area contributed by atoms with Crippen LogP contribution in [0.25, 0.3) is 0 Å². The fourth-order valence-electron chi connectivity index (χ4n) is 2.96. The number of nitrogens with zero attached hydrogens (tertiary/aromatic N) is 1. The lowest BCUT2D eigenvalue weighted by molar-refractivity contribution is -0.186. The Kier molecular flexibility index (Phi) is 10.5. The zero-order chi connectivity index (χ0) is 25.4. The molecule has 1 heterocycles. The predicted molar refractivity (Wildman–Crippen MR) is 124 cm³/mol. The van der Waals surface area contributed by atoms with Crippen molar-refractivity contribution in [3.63, 3.8) is 0 Å². The lowest BCUT2D eigenvalue weighted by Crippen LogP contribution is -2.74. The molecule has 1 saturated heterocycles. The van der Waals surface area contributed by atoms with Gasteiger partial charge in [-0.05, 0) is 43.8 Å². The Labute approximate surface area is 197 Å². The number of rotatable bonds is 9. The van der Waals surface area contributed by atoms with Crippen LogP contribution in [0.3, 0.4) is 0 Å². The molecular formula is C22H40N2O8Si. The smallest absolute Gasteiger partial charge is 0.400 e. The first-order valence-corrected chi connectivity index (χ1v) is 14.2. The van der Waals surface area contributed by atoms with Gasteiger partial charge in [0.15, 0.2) is 0 Å². The Bertz CT molecular complexity index is 716. The van der Waals surface area contributed by atoms with Crippen LogP contribution >= 0.6 is 0 Å². The third-order valence-corrected chi connectivity index (χ3v) is 10.4. The Morgan fingerprint density at radius 2 is 1.91 bits per heavy atom. The monoisotopic (exact) mass is 488 g/mol. The molecule has 0 aliphatic carbocycles. The lowest BCUT2D eigenvalue weighted by atomic mass is 10.0. The first kappa shape index (κ1) is 29.1. The highest BCUT2D eigenvalue weighted by atomic mass is 28.4. The van der Waals surface area contributed by atoms with E-state index in [0.29, 0.717) is 19.4 Å². The number of amides is 1. The maximum Gasteiger partial charge on any atom is 0.400 e. The summed E-state index contributed by atoms with van der Waals surface area (Å²) in [6.07, 6.45) is 1.67. The van der Waals surface area contributed by atoms with E-state index < -0.39 is 51.0 Å². The Morgan fingerprint density at radius 1 is 1.27 bits per heavy atom. The second-order valence-corrected chi connectivity index (χ2v) is 14.3. The van der Waals surface area contributed by atoms with E-state index in [4.69, 9.17) is 24.4 Å². The van der Waals surface area contributed by atoms with Crippen LogP contribution in [-0.4, -0.2) is 74.7 Å². The van der Waals surface area contributed by atoms with Crippen molar-refractivity contribution < 1.29 is 38.1 Å². The molecular weight excluding hydrogens is 448 g/mol. The molecule has 0 aromatic carbocycles. The second-order valence-electron chi connectivity index (χ2n) is 9.59. The number of carbonyl (C=O) groups excluding carboxylic acids is 3. The quantitative estimate of drug-likeness (QED) is 0.217. The molecule has 0 saturated carbocycles. The van der Waals surface area contributed by atoms with E-state index in [-0.39, 0.29) is 5.04 Å². The largest absolute Gasteiger partial charge is 0.503 e. The zero-order valence-corrected chi connectivity index (χ0v) is 21.9. The van der Waals surface area contributed by atoms with E-state index >= 15 is 0 Å². The summed E-state index contributed by atoms with van der Waals surface area (Å²) in [5, 5.41) is 10.6. The molecule has 0 aromatic rings. The summed E-state index contributed by atoms with van der Waals surface area (Å²) in [4.78, 5) is 39.2. The molecule has 10 nitrogen and oxygen atoms in total. The number of ether oxygens (including phenoxy) is 3. The van der Waals surface area contributed by atoms with E-state index in [0.717, 1.165) is 24.9 Å². The van der Waals surface area contributed by atoms with Crippen LogP contribution in [0.1, 0.15) is 53.4 Å². The third kappa shape index (κ3) is 7.26. The number of nitrogens with two attached hydrogens (primary N) is 1. The Balaban J connectivity index is 3.36.